The molecule has 0 fully saturated rings. The fourth-order valence-electron chi connectivity index (χ4n) is 1.53. The summed E-state index contributed by atoms with van der Waals surface area (Å²) in [5.74, 6) is 0.285. The van der Waals surface area contributed by atoms with Crippen LogP contribution in [0.2, 0.25) is 4.82 Å². The number of rotatable bonds is 3. The van der Waals surface area contributed by atoms with Crippen molar-refractivity contribution in [2.75, 3.05) is 0 Å². The molecule has 0 aliphatic rings. The second-order valence-corrected chi connectivity index (χ2v) is 6.85. The molecule has 1 nitrogen and oxygen atoms in total. The van der Waals surface area contributed by atoms with E-state index in [4.69, 9.17) is 0 Å². The van der Waals surface area contributed by atoms with Crippen molar-refractivity contribution in [1.29, 1.82) is 0 Å². The Balaban J connectivity index is 2.29. The van der Waals surface area contributed by atoms with E-state index in [2.05, 4.69) is 30.3 Å². The molecule has 0 bridgehead atoms. The van der Waals surface area contributed by atoms with E-state index in [1.165, 1.54) is 15.2 Å². The number of ketones is 1. The zero-order valence-corrected chi connectivity index (χ0v) is 11.1. The Kier molecular flexibility index (Phi) is 3.42. The quantitative estimate of drug-likeness (QED) is 0.788. The standard InChI is InChI=1S/C14H14OSe/c1-10(15)11(2)16-14-8-7-12-5-3-4-6-13(12)9-14/h3-9,11H,1-2H3/t11-/m1/s1. The second kappa shape index (κ2) is 4.82. The first-order chi connectivity index (χ1) is 7.66. The number of benzene rings is 2. The Labute approximate surface area is 102 Å². The van der Waals surface area contributed by atoms with Crippen LogP contribution < -0.4 is 4.46 Å². The Morgan fingerprint density at radius 3 is 2.50 bits per heavy atom. The molecular formula is C14H14OSe. The average molecular weight is 277 g/mol. The van der Waals surface area contributed by atoms with Crippen LogP contribution in [0.3, 0.4) is 0 Å². The van der Waals surface area contributed by atoms with Gasteiger partial charge < -0.3 is 0 Å². The fourth-order valence-corrected chi connectivity index (χ4v) is 3.45. The fraction of sp³-hybridized carbons (Fsp3) is 0.214. The molecule has 2 aromatic rings. The molecule has 0 unspecified atom stereocenters. The van der Waals surface area contributed by atoms with Gasteiger partial charge in [-0.1, -0.05) is 0 Å². The van der Waals surface area contributed by atoms with Gasteiger partial charge in [0.2, 0.25) is 0 Å². The predicted molar refractivity (Wildman–Crippen MR) is 69.4 cm³/mol. The van der Waals surface area contributed by atoms with Gasteiger partial charge in [0.1, 0.15) is 0 Å². The topological polar surface area (TPSA) is 17.1 Å². The summed E-state index contributed by atoms with van der Waals surface area (Å²) in [6.07, 6.45) is 0. The molecular weight excluding hydrogens is 263 g/mol. The van der Waals surface area contributed by atoms with Gasteiger partial charge in [-0.15, -0.1) is 0 Å². The monoisotopic (exact) mass is 278 g/mol. The maximum absolute atomic E-state index is 11.2. The van der Waals surface area contributed by atoms with Crippen molar-refractivity contribution in [2.24, 2.45) is 0 Å². The number of carbonyl (C=O) groups is 1. The van der Waals surface area contributed by atoms with Crippen molar-refractivity contribution in [2.45, 2.75) is 18.7 Å². The molecule has 0 amide bonds. The van der Waals surface area contributed by atoms with Gasteiger partial charge in [0.05, 0.1) is 0 Å². The molecule has 0 aliphatic carbocycles. The van der Waals surface area contributed by atoms with Gasteiger partial charge >= 0.3 is 102 Å². The molecule has 0 aliphatic heterocycles. The minimum absolute atomic E-state index is 0.175. The normalized spacial score (nSPS) is 12.6. The Morgan fingerprint density at radius 2 is 1.81 bits per heavy atom. The van der Waals surface area contributed by atoms with E-state index in [-0.39, 0.29) is 25.6 Å². The van der Waals surface area contributed by atoms with Crippen LogP contribution in [0.25, 0.3) is 10.8 Å². The van der Waals surface area contributed by atoms with E-state index in [0.717, 1.165) is 0 Å². The molecule has 82 valence electrons. The first kappa shape index (κ1) is 11.4. The summed E-state index contributed by atoms with van der Waals surface area (Å²) in [5, 5.41) is 2.52. The maximum atomic E-state index is 11.2. The van der Waals surface area contributed by atoms with Crippen molar-refractivity contribution in [3.8, 4) is 0 Å². The van der Waals surface area contributed by atoms with Gasteiger partial charge in [0.25, 0.3) is 0 Å². The van der Waals surface area contributed by atoms with Crippen LogP contribution in [0.5, 0.6) is 0 Å². The van der Waals surface area contributed by atoms with Gasteiger partial charge in [0.15, 0.2) is 0 Å². The van der Waals surface area contributed by atoms with E-state index in [9.17, 15) is 4.79 Å². The van der Waals surface area contributed by atoms with E-state index < -0.39 is 0 Å². The van der Waals surface area contributed by atoms with Crippen LogP contribution in [0.1, 0.15) is 13.8 Å². The average Bonchev–Trinajstić information content (AvgIpc) is 2.28. The van der Waals surface area contributed by atoms with Crippen LogP contribution in [0, 0.1) is 0 Å². The molecule has 16 heavy (non-hydrogen) atoms. The van der Waals surface area contributed by atoms with Crippen molar-refractivity contribution in [3.05, 3.63) is 42.5 Å². The Morgan fingerprint density at radius 1 is 1.12 bits per heavy atom. The summed E-state index contributed by atoms with van der Waals surface area (Å²) in [7, 11) is 0. The third-order valence-electron chi connectivity index (χ3n) is 2.61. The van der Waals surface area contributed by atoms with E-state index in [1.54, 1.807) is 6.92 Å². The van der Waals surface area contributed by atoms with Crippen LogP contribution >= 0.6 is 0 Å². The van der Waals surface area contributed by atoms with Crippen molar-refractivity contribution >= 4 is 36.0 Å². The van der Waals surface area contributed by atoms with Gasteiger partial charge in [-0.3, -0.25) is 0 Å². The van der Waals surface area contributed by atoms with Crippen molar-refractivity contribution < 1.29 is 4.79 Å². The van der Waals surface area contributed by atoms with Gasteiger partial charge in [-0.2, -0.15) is 0 Å². The third-order valence-corrected chi connectivity index (χ3v) is 5.15. The summed E-state index contributed by atoms with van der Waals surface area (Å²) in [5.41, 5.74) is 0. The second-order valence-electron chi connectivity index (χ2n) is 3.88. The van der Waals surface area contributed by atoms with E-state index >= 15 is 0 Å². The predicted octanol–water partition coefficient (Wildman–Crippen LogP) is 2.57. The number of fused-ring (bicyclic) bond motifs is 1. The zero-order valence-electron chi connectivity index (χ0n) is 9.44. The van der Waals surface area contributed by atoms with E-state index in [0.29, 0.717) is 0 Å². The number of hydrogen-bond donors (Lipinski definition) is 0. The molecule has 2 heteroatoms. The molecule has 0 spiro atoms. The first-order valence-corrected chi connectivity index (χ1v) is 7.17. The van der Waals surface area contributed by atoms with Gasteiger partial charge in [-0.05, 0) is 0 Å². The SMILES string of the molecule is CC(=O)[C@@H](C)[Se]c1ccc2ccccc2c1. The zero-order chi connectivity index (χ0) is 11.5. The summed E-state index contributed by atoms with van der Waals surface area (Å²) >= 11 is 0.246. The number of carbonyl (C=O) groups excluding carboxylic acids is 1. The van der Waals surface area contributed by atoms with Crippen LogP contribution in [0.4, 0.5) is 0 Å². The Bertz CT molecular complexity index is 519. The number of Topliss-reactive ketones (excluding diaryl/α,β-unsaturated/α-hetero) is 1. The molecule has 0 heterocycles. The molecule has 0 saturated carbocycles. The minimum atomic E-state index is 0.175. The van der Waals surface area contributed by atoms with Crippen LogP contribution in [-0.4, -0.2) is 20.7 Å². The summed E-state index contributed by atoms with van der Waals surface area (Å²) in [4.78, 5) is 11.4. The van der Waals surface area contributed by atoms with Gasteiger partial charge in [0, 0.05) is 0 Å². The van der Waals surface area contributed by atoms with Crippen LogP contribution in [-0.2, 0) is 4.79 Å². The summed E-state index contributed by atoms with van der Waals surface area (Å²) in [6, 6.07) is 14.8. The third kappa shape index (κ3) is 2.52. The van der Waals surface area contributed by atoms with Gasteiger partial charge in [-0.25, -0.2) is 0 Å². The molecule has 2 rings (SSSR count). The van der Waals surface area contributed by atoms with Crippen molar-refractivity contribution in [3.63, 3.8) is 0 Å². The summed E-state index contributed by atoms with van der Waals surface area (Å²) in [6.45, 7) is 3.69. The Hall–Kier alpha value is -1.11. The first-order valence-electron chi connectivity index (χ1n) is 5.33. The molecule has 1 atom stereocenters. The summed E-state index contributed by atoms with van der Waals surface area (Å²) < 4.78 is 1.30. The van der Waals surface area contributed by atoms with Crippen molar-refractivity contribution in [1.82, 2.24) is 0 Å². The number of hydrogen-bond acceptors (Lipinski definition) is 1. The molecule has 0 radical (unpaired) electrons. The molecule has 0 saturated heterocycles. The molecule has 0 aromatic heterocycles. The van der Waals surface area contributed by atoms with Crippen LogP contribution in [0.15, 0.2) is 42.5 Å². The molecule has 2 aromatic carbocycles. The van der Waals surface area contributed by atoms with E-state index in [1.807, 2.05) is 19.1 Å². The molecule has 0 N–H and O–H groups in total.